The highest BCUT2D eigenvalue weighted by Crippen LogP contribution is 2.18. The zero-order valence-electron chi connectivity index (χ0n) is 14.8. The van der Waals surface area contributed by atoms with Crippen LogP contribution < -0.4 is 20.7 Å². The first kappa shape index (κ1) is 19.4. The van der Waals surface area contributed by atoms with Crippen LogP contribution in [0.3, 0.4) is 0 Å². The van der Waals surface area contributed by atoms with Gasteiger partial charge in [0.2, 0.25) is 5.91 Å². The molecule has 2 rings (SSSR count). The molecule has 0 saturated heterocycles. The maximum absolute atomic E-state index is 12.4. The lowest BCUT2D eigenvalue weighted by Crippen LogP contribution is -2.32. The minimum absolute atomic E-state index is 0.0388. The van der Waals surface area contributed by atoms with Crippen molar-refractivity contribution in [3.05, 3.63) is 54.1 Å². The number of rotatable bonds is 5. The Morgan fingerprint density at radius 1 is 1.00 bits per heavy atom. The lowest BCUT2D eigenvalue weighted by Gasteiger charge is -2.12. The standard InChI is InChI=1S/C19H21N3O3S/c1-12(2)25-17-6-4-5-14(11-17)18(24)21-15-7-9-16(10-8-15)22-19(26)20-13(3)23/h4-12H,1-3H3,(H,21,24)(H2,20,22,23,26). The molecule has 2 aromatic carbocycles. The van der Waals surface area contributed by atoms with Crippen molar-refractivity contribution >= 4 is 40.5 Å². The fourth-order valence-corrected chi connectivity index (χ4v) is 2.41. The second kappa shape index (κ2) is 8.96. The largest absolute Gasteiger partial charge is 0.491 e. The number of hydrogen-bond donors (Lipinski definition) is 3. The number of thiocarbonyl (C=S) groups is 1. The molecule has 0 spiro atoms. The van der Waals surface area contributed by atoms with E-state index in [1.807, 2.05) is 19.9 Å². The first-order valence-electron chi connectivity index (χ1n) is 8.10. The van der Waals surface area contributed by atoms with Gasteiger partial charge in [0.05, 0.1) is 6.10 Å². The Labute approximate surface area is 157 Å². The van der Waals surface area contributed by atoms with Crippen molar-refractivity contribution in [1.29, 1.82) is 0 Å². The van der Waals surface area contributed by atoms with Gasteiger partial charge in [0, 0.05) is 23.9 Å². The van der Waals surface area contributed by atoms with Crippen molar-refractivity contribution in [3.8, 4) is 5.75 Å². The Morgan fingerprint density at radius 3 is 2.19 bits per heavy atom. The van der Waals surface area contributed by atoms with Crippen molar-refractivity contribution in [2.24, 2.45) is 0 Å². The van der Waals surface area contributed by atoms with Crippen LogP contribution in [0.25, 0.3) is 0 Å². The number of carbonyl (C=O) groups is 2. The van der Waals surface area contributed by atoms with Gasteiger partial charge in [-0.2, -0.15) is 0 Å². The summed E-state index contributed by atoms with van der Waals surface area (Å²) in [7, 11) is 0. The average Bonchev–Trinajstić information content (AvgIpc) is 2.55. The van der Waals surface area contributed by atoms with E-state index in [2.05, 4.69) is 16.0 Å². The molecule has 0 bridgehead atoms. The summed E-state index contributed by atoms with van der Waals surface area (Å²) in [6, 6.07) is 14.0. The summed E-state index contributed by atoms with van der Waals surface area (Å²) in [6.07, 6.45) is 0.0388. The van der Waals surface area contributed by atoms with E-state index in [0.717, 1.165) is 0 Å². The van der Waals surface area contributed by atoms with E-state index in [-0.39, 0.29) is 23.0 Å². The lowest BCUT2D eigenvalue weighted by atomic mass is 10.2. The van der Waals surface area contributed by atoms with Gasteiger partial charge in [-0.1, -0.05) is 6.07 Å². The predicted octanol–water partition coefficient (Wildman–Crippen LogP) is 3.56. The zero-order chi connectivity index (χ0) is 19.1. The van der Waals surface area contributed by atoms with Gasteiger partial charge >= 0.3 is 0 Å². The third kappa shape index (κ3) is 6.18. The first-order chi connectivity index (χ1) is 12.3. The molecule has 0 aliphatic heterocycles. The molecule has 0 radical (unpaired) electrons. The van der Waals surface area contributed by atoms with Gasteiger partial charge in [-0.3, -0.25) is 9.59 Å². The molecule has 6 nitrogen and oxygen atoms in total. The predicted molar refractivity (Wildman–Crippen MR) is 107 cm³/mol. The molecule has 0 unspecified atom stereocenters. The van der Waals surface area contributed by atoms with Gasteiger partial charge in [-0.05, 0) is 68.5 Å². The van der Waals surface area contributed by atoms with Crippen LogP contribution in [0.4, 0.5) is 11.4 Å². The fourth-order valence-electron chi connectivity index (χ4n) is 2.15. The van der Waals surface area contributed by atoms with Crippen molar-refractivity contribution in [2.75, 3.05) is 10.6 Å². The number of ether oxygens (including phenoxy) is 1. The second-order valence-corrected chi connectivity index (χ2v) is 6.27. The van der Waals surface area contributed by atoms with Crippen LogP contribution in [-0.2, 0) is 4.79 Å². The third-order valence-electron chi connectivity index (χ3n) is 3.16. The smallest absolute Gasteiger partial charge is 0.255 e. The fraction of sp³-hybridized carbons (Fsp3) is 0.211. The Morgan fingerprint density at radius 2 is 1.62 bits per heavy atom. The number of anilines is 2. The molecule has 136 valence electrons. The molecule has 0 aliphatic rings. The number of carbonyl (C=O) groups excluding carboxylic acids is 2. The summed E-state index contributed by atoms with van der Waals surface area (Å²) in [6.45, 7) is 5.24. The molecule has 7 heteroatoms. The van der Waals surface area contributed by atoms with Crippen molar-refractivity contribution in [3.63, 3.8) is 0 Å². The molecule has 0 heterocycles. The van der Waals surface area contributed by atoms with Gasteiger partial charge in [0.1, 0.15) is 5.75 Å². The molecule has 0 atom stereocenters. The maximum Gasteiger partial charge on any atom is 0.255 e. The van der Waals surface area contributed by atoms with E-state index in [4.69, 9.17) is 17.0 Å². The highest BCUT2D eigenvalue weighted by molar-refractivity contribution is 7.80. The van der Waals surface area contributed by atoms with Crippen molar-refractivity contribution in [1.82, 2.24) is 5.32 Å². The maximum atomic E-state index is 12.4. The minimum atomic E-state index is -0.241. The molecule has 0 aliphatic carbocycles. The molecule has 2 aromatic rings. The average molecular weight is 371 g/mol. The molecule has 0 aromatic heterocycles. The molecule has 26 heavy (non-hydrogen) atoms. The van der Waals surface area contributed by atoms with E-state index in [1.165, 1.54) is 6.92 Å². The van der Waals surface area contributed by atoms with Crippen LogP contribution in [-0.4, -0.2) is 23.0 Å². The van der Waals surface area contributed by atoms with Crippen LogP contribution in [0, 0.1) is 0 Å². The molecular formula is C19H21N3O3S. The summed E-state index contributed by atoms with van der Waals surface area (Å²) in [5.41, 5.74) is 1.85. The van der Waals surface area contributed by atoms with E-state index < -0.39 is 0 Å². The van der Waals surface area contributed by atoms with Gasteiger partial charge in [-0.15, -0.1) is 0 Å². The number of benzene rings is 2. The molecule has 0 saturated carbocycles. The zero-order valence-corrected chi connectivity index (χ0v) is 15.6. The van der Waals surface area contributed by atoms with Crippen LogP contribution >= 0.6 is 12.2 Å². The second-order valence-electron chi connectivity index (χ2n) is 5.86. The SMILES string of the molecule is CC(=O)NC(=S)Nc1ccc(NC(=O)c2cccc(OC(C)C)c2)cc1. The van der Waals surface area contributed by atoms with E-state index in [0.29, 0.717) is 22.7 Å². The quantitative estimate of drug-likeness (QED) is 0.701. The Hall–Kier alpha value is -2.93. The summed E-state index contributed by atoms with van der Waals surface area (Å²) in [4.78, 5) is 23.3. The van der Waals surface area contributed by atoms with Gasteiger partial charge in [0.15, 0.2) is 5.11 Å². The highest BCUT2D eigenvalue weighted by Gasteiger charge is 2.08. The third-order valence-corrected chi connectivity index (χ3v) is 3.36. The number of nitrogens with one attached hydrogen (secondary N) is 3. The Kier molecular flexibility index (Phi) is 6.68. The summed E-state index contributed by atoms with van der Waals surface area (Å²) < 4.78 is 5.60. The summed E-state index contributed by atoms with van der Waals surface area (Å²) in [5, 5.41) is 8.40. The van der Waals surface area contributed by atoms with E-state index >= 15 is 0 Å². The van der Waals surface area contributed by atoms with Crippen LogP contribution in [0.1, 0.15) is 31.1 Å². The summed E-state index contributed by atoms with van der Waals surface area (Å²) in [5.74, 6) is 0.183. The lowest BCUT2D eigenvalue weighted by molar-refractivity contribution is -0.117. The van der Waals surface area contributed by atoms with E-state index in [9.17, 15) is 9.59 Å². The van der Waals surface area contributed by atoms with Gasteiger partial charge in [0.25, 0.3) is 5.91 Å². The molecule has 3 N–H and O–H groups in total. The van der Waals surface area contributed by atoms with Crippen molar-refractivity contribution < 1.29 is 14.3 Å². The molecular weight excluding hydrogens is 350 g/mol. The normalized spacial score (nSPS) is 10.2. The number of amides is 2. The van der Waals surface area contributed by atoms with Crippen LogP contribution in [0.15, 0.2) is 48.5 Å². The monoisotopic (exact) mass is 371 g/mol. The summed E-state index contributed by atoms with van der Waals surface area (Å²) >= 11 is 5.00. The van der Waals surface area contributed by atoms with Gasteiger partial charge in [-0.25, -0.2) is 0 Å². The Balaban J connectivity index is 1.99. The number of hydrogen-bond acceptors (Lipinski definition) is 4. The Bertz CT molecular complexity index is 804. The van der Waals surface area contributed by atoms with Gasteiger partial charge < -0.3 is 20.7 Å². The van der Waals surface area contributed by atoms with Crippen molar-refractivity contribution in [2.45, 2.75) is 26.9 Å². The topological polar surface area (TPSA) is 79.5 Å². The first-order valence-corrected chi connectivity index (χ1v) is 8.51. The minimum Gasteiger partial charge on any atom is -0.491 e. The van der Waals surface area contributed by atoms with Crippen LogP contribution in [0.5, 0.6) is 5.75 Å². The van der Waals surface area contributed by atoms with Crippen LogP contribution in [0.2, 0.25) is 0 Å². The molecule has 2 amide bonds. The van der Waals surface area contributed by atoms with E-state index in [1.54, 1.807) is 42.5 Å². The molecule has 0 fully saturated rings. The highest BCUT2D eigenvalue weighted by atomic mass is 32.1.